The van der Waals surface area contributed by atoms with Crippen molar-refractivity contribution in [3.05, 3.63) is 22.7 Å². The molecule has 6 heteroatoms. The van der Waals surface area contributed by atoms with Crippen LogP contribution in [0.3, 0.4) is 0 Å². The van der Waals surface area contributed by atoms with Crippen LogP contribution in [0.4, 0.5) is 5.82 Å². The lowest BCUT2D eigenvalue weighted by Gasteiger charge is -2.20. The fraction of sp³-hybridized carbons (Fsp3) is 0.545. The van der Waals surface area contributed by atoms with Gasteiger partial charge in [0.05, 0.1) is 0 Å². The molecule has 0 saturated heterocycles. The van der Waals surface area contributed by atoms with Gasteiger partial charge in [0.25, 0.3) is 5.56 Å². The maximum absolute atomic E-state index is 12.1. The lowest BCUT2D eigenvalue weighted by molar-refractivity contribution is -0.135. The molecule has 1 aromatic rings. The molecular formula is C11H17N3O3. The van der Waals surface area contributed by atoms with Crippen molar-refractivity contribution in [1.82, 2.24) is 9.55 Å². The summed E-state index contributed by atoms with van der Waals surface area (Å²) in [4.78, 5) is 28.2. The van der Waals surface area contributed by atoms with Crippen molar-refractivity contribution in [3.63, 3.8) is 0 Å². The maximum Gasteiger partial charge on any atom is 0.323 e. The molecule has 0 aliphatic carbocycles. The Hall–Kier alpha value is -1.85. The zero-order chi connectivity index (χ0) is 13.0. The number of anilines is 1. The molecule has 0 atom stereocenters. The molecule has 0 unspecified atom stereocenters. The summed E-state index contributed by atoms with van der Waals surface area (Å²) in [5, 5.41) is 8.77. The number of hydrogen-bond donors (Lipinski definition) is 1. The standard InChI is InChI=1S/C11H17N3O3/c1-4-13(7-9(15)16)10-11(17)14(8(2)3)6-5-12-10/h5-6,8H,4,7H2,1-3H3,(H,15,16). The van der Waals surface area contributed by atoms with Crippen LogP contribution in [0.1, 0.15) is 26.8 Å². The van der Waals surface area contributed by atoms with Crippen molar-refractivity contribution in [1.29, 1.82) is 0 Å². The molecule has 1 rings (SSSR count). The van der Waals surface area contributed by atoms with E-state index in [1.807, 2.05) is 13.8 Å². The third-order valence-corrected chi connectivity index (χ3v) is 2.41. The number of aromatic nitrogens is 2. The molecule has 1 N–H and O–H groups in total. The summed E-state index contributed by atoms with van der Waals surface area (Å²) in [5.74, 6) is -0.792. The van der Waals surface area contributed by atoms with Gasteiger partial charge in [0.15, 0.2) is 5.82 Å². The van der Waals surface area contributed by atoms with Gasteiger partial charge in [-0.1, -0.05) is 0 Å². The van der Waals surface area contributed by atoms with E-state index in [-0.39, 0.29) is 24.0 Å². The second-order valence-corrected chi connectivity index (χ2v) is 3.96. The molecule has 0 fully saturated rings. The van der Waals surface area contributed by atoms with Crippen LogP contribution >= 0.6 is 0 Å². The first-order valence-electron chi connectivity index (χ1n) is 5.51. The minimum atomic E-state index is -0.979. The van der Waals surface area contributed by atoms with E-state index in [2.05, 4.69) is 4.98 Å². The highest BCUT2D eigenvalue weighted by molar-refractivity contribution is 5.72. The fourth-order valence-corrected chi connectivity index (χ4v) is 1.54. The van der Waals surface area contributed by atoms with Crippen LogP contribution < -0.4 is 10.5 Å². The van der Waals surface area contributed by atoms with Crippen molar-refractivity contribution in [2.75, 3.05) is 18.0 Å². The van der Waals surface area contributed by atoms with Gasteiger partial charge in [0.1, 0.15) is 6.54 Å². The monoisotopic (exact) mass is 239 g/mol. The second kappa shape index (κ2) is 5.47. The van der Waals surface area contributed by atoms with E-state index in [1.54, 1.807) is 13.1 Å². The van der Waals surface area contributed by atoms with Gasteiger partial charge in [0, 0.05) is 25.0 Å². The SMILES string of the molecule is CCN(CC(=O)O)c1nccn(C(C)C)c1=O. The molecule has 0 aliphatic rings. The number of rotatable bonds is 5. The average Bonchev–Trinajstić information content (AvgIpc) is 2.26. The first-order valence-corrected chi connectivity index (χ1v) is 5.51. The van der Waals surface area contributed by atoms with Gasteiger partial charge in [-0.05, 0) is 20.8 Å². The van der Waals surface area contributed by atoms with E-state index in [9.17, 15) is 9.59 Å². The summed E-state index contributed by atoms with van der Waals surface area (Å²) in [6.45, 7) is 5.77. The smallest absolute Gasteiger partial charge is 0.323 e. The van der Waals surface area contributed by atoms with E-state index in [1.165, 1.54) is 15.7 Å². The van der Waals surface area contributed by atoms with Crippen molar-refractivity contribution in [2.45, 2.75) is 26.8 Å². The minimum Gasteiger partial charge on any atom is -0.480 e. The van der Waals surface area contributed by atoms with Crippen LogP contribution in [0.5, 0.6) is 0 Å². The van der Waals surface area contributed by atoms with Crippen LogP contribution in [0.15, 0.2) is 17.2 Å². The largest absolute Gasteiger partial charge is 0.480 e. The summed E-state index contributed by atoms with van der Waals surface area (Å²) in [6.07, 6.45) is 3.12. The van der Waals surface area contributed by atoms with Gasteiger partial charge >= 0.3 is 5.97 Å². The third-order valence-electron chi connectivity index (χ3n) is 2.41. The Morgan fingerprint density at radius 1 is 1.59 bits per heavy atom. The van der Waals surface area contributed by atoms with Crippen molar-refractivity contribution in [2.24, 2.45) is 0 Å². The molecule has 0 spiro atoms. The van der Waals surface area contributed by atoms with Crippen molar-refractivity contribution < 1.29 is 9.90 Å². The van der Waals surface area contributed by atoms with Crippen molar-refractivity contribution >= 4 is 11.8 Å². The molecular weight excluding hydrogens is 222 g/mol. The van der Waals surface area contributed by atoms with Gasteiger partial charge in [-0.25, -0.2) is 4.98 Å². The molecule has 17 heavy (non-hydrogen) atoms. The molecule has 6 nitrogen and oxygen atoms in total. The molecule has 0 saturated carbocycles. The Morgan fingerprint density at radius 3 is 2.71 bits per heavy atom. The van der Waals surface area contributed by atoms with Crippen LogP contribution in [0.25, 0.3) is 0 Å². The molecule has 1 heterocycles. The Bertz CT molecular complexity index is 454. The van der Waals surface area contributed by atoms with Gasteiger partial charge in [-0.2, -0.15) is 0 Å². The number of carboxylic acids is 1. The quantitative estimate of drug-likeness (QED) is 0.820. The van der Waals surface area contributed by atoms with Gasteiger partial charge in [-0.15, -0.1) is 0 Å². The van der Waals surface area contributed by atoms with Gasteiger partial charge < -0.3 is 14.6 Å². The van der Waals surface area contributed by atoms with Gasteiger partial charge in [0.2, 0.25) is 0 Å². The predicted octanol–water partition coefficient (Wildman–Crippen LogP) is 0.735. The predicted molar refractivity (Wildman–Crippen MR) is 64.4 cm³/mol. The Labute approximate surface area is 99.5 Å². The van der Waals surface area contributed by atoms with Crippen molar-refractivity contribution in [3.8, 4) is 0 Å². The first kappa shape index (κ1) is 13.2. The molecule has 0 radical (unpaired) electrons. The Kier molecular flexibility index (Phi) is 4.25. The summed E-state index contributed by atoms with van der Waals surface area (Å²) in [7, 11) is 0. The highest BCUT2D eigenvalue weighted by Crippen LogP contribution is 2.06. The molecule has 94 valence electrons. The number of aliphatic carboxylic acids is 1. The molecule has 0 aliphatic heterocycles. The third kappa shape index (κ3) is 3.05. The Balaban J connectivity index is 3.16. The summed E-state index contributed by atoms with van der Waals surface area (Å²) in [5.41, 5.74) is -0.259. The van der Waals surface area contributed by atoms with Crippen LogP contribution in [-0.2, 0) is 4.79 Å². The number of carbonyl (C=O) groups is 1. The normalized spacial score (nSPS) is 10.6. The highest BCUT2D eigenvalue weighted by Gasteiger charge is 2.15. The van der Waals surface area contributed by atoms with E-state index < -0.39 is 5.97 Å². The second-order valence-electron chi connectivity index (χ2n) is 3.96. The summed E-state index contributed by atoms with van der Waals surface area (Å²) >= 11 is 0. The van der Waals surface area contributed by atoms with Crippen LogP contribution in [0, 0.1) is 0 Å². The summed E-state index contributed by atoms with van der Waals surface area (Å²) < 4.78 is 1.53. The van der Waals surface area contributed by atoms with E-state index in [0.717, 1.165) is 0 Å². The maximum atomic E-state index is 12.1. The zero-order valence-corrected chi connectivity index (χ0v) is 10.3. The zero-order valence-electron chi connectivity index (χ0n) is 10.3. The van der Waals surface area contributed by atoms with Gasteiger partial charge in [-0.3, -0.25) is 9.59 Å². The lowest BCUT2D eigenvalue weighted by Crippen LogP contribution is -2.37. The highest BCUT2D eigenvalue weighted by atomic mass is 16.4. The average molecular weight is 239 g/mol. The molecule has 0 bridgehead atoms. The number of likely N-dealkylation sites (N-methyl/N-ethyl adjacent to an activating group) is 1. The summed E-state index contributed by atoms with van der Waals surface area (Å²) in [6, 6.07) is 0.0211. The minimum absolute atomic E-state index is 0.0211. The van der Waals surface area contributed by atoms with E-state index in [0.29, 0.717) is 6.54 Å². The van der Waals surface area contributed by atoms with E-state index in [4.69, 9.17) is 5.11 Å². The molecule has 0 aromatic carbocycles. The number of hydrogen-bond acceptors (Lipinski definition) is 4. The van der Waals surface area contributed by atoms with Crippen LogP contribution in [0.2, 0.25) is 0 Å². The topological polar surface area (TPSA) is 75.4 Å². The first-order chi connectivity index (χ1) is 7.97. The van der Waals surface area contributed by atoms with Crippen LogP contribution in [-0.4, -0.2) is 33.7 Å². The lowest BCUT2D eigenvalue weighted by atomic mass is 10.3. The number of nitrogens with zero attached hydrogens (tertiary/aromatic N) is 3. The molecule has 1 aromatic heterocycles. The Morgan fingerprint density at radius 2 is 2.24 bits per heavy atom. The fourth-order valence-electron chi connectivity index (χ4n) is 1.54. The number of carboxylic acid groups (broad SMARTS) is 1. The van der Waals surface area contributed by atoms with E-state index >= 15 is 0 Å². The molecule has 0 amide bonds.